The molecule has 80 valence electrons. The van der Waals surface area contributed by atoms with Crippen molar-refractivity contribution in [2.75, 3.05) is 6.61 Å². The maximum atomic E-state index is 5.57. The van der Waals surface area contributed by atoms with E-state index in [1.54, 1.807) is 0 Å². The summed E-state index contributed by atoms with van der Waals surface area (Å²) in [6, 6.07) is 0. The second kappa shape index (κ2) is 6.42. The van der Waals surface area contributed by atoms with Crippen molar-refractivity contribution >= 4 is 0 Å². The fraction of sp³-hybridized carbons (Fsp3) is 1.00. The molecule has 0 radical (unpaired) electrons. The van der Waals surface area contributed by atoms with Gasteiger partial charge in [-0.25, -0.2) is 0 Å². The molecule has 1 atom stereocenters. The van der Waals surface area contributed by atoms with Crippen LogP contribution in [0.25, 0.3) is 0 Å². The molecule has 0 bridgehead atoms. The van der Waals surface area contributed by atoms with Gasteiger partial charge in [0.15, 0.2) is 0 Å². The van der Waals surface area contributed by atoms with E-state index in [1.165, 1.54) is 6.42 Å². The monoisotopic (exact) mass is 186 g/mol. The first-order chi connectivity index (χ1) is 5.99. The van der Waals surface area contributed by atoms with E-state index in [9.17, 15) is 0 Å². The van der Waals surface area contributed by atoms with Gasteiger partial charge in [-0.1, -0.05) is 27.7 Å². The highest BCUT2D eigenvalue weighted by Crippen LogP contribution is 2.26. The average Bonchev–Trinajstić information content (AvgIpc) is 1.99. The van der Waals surface area contributed by atoms with Crippen molar-refractivity contribution in [3.05, 3.63) is 0 Å². The maximum absolute atomic E-state index is 5.57. The molecule has 0 fully saturated rings. The van der Waals surface area contributed by atoms with Gasteiger partial charge in [-0.05, 0) is 38.0 Å². The first kappa shape index (κ1) is 13.0. The van der Waals surface area contributed by atoms with Crippen molar-refractivity contribution in [2.24, 2.45) is 17.8 Å². The van der Waals surface area contributed by atoms with Gasteiger partial charge in [0.05, 0.1) is 6.10 Å². The first-order valence-electron chi connectivity index (χ1n) is 5.60. The molecule has 0 aliphatic carbocycles. The van der Waals surface area contributed by atoms with Crippen LogP contribution in [0.1, 0.15) is 48.0 Å². The van der Waals surface area contributed by atoms with Gasteiger partial charge in [-0.15, -0.1) is 0 Å². The quantitative estimate of drug-likeness (QED) is 0.614. The highest BCUT2D eigenvalue weighted by atomic mass is 16.5. The van der Waals surface area contributed by atoms with Gasteiger partial charge >= 0.3 is 0 Å². The van der Waals surface area contributed by atoms with Gasteiger partial charge in [0, 0.05) is 6.61 Å². The predicted octanol–water partition coefficient (Wildman–Crippen LogP) is 3.73. The lowest BCUT2D eigenvalue weighted by molar-refractivity contribution is 0.0437. The molecule has 0 aromatic carbocycles. The van der Waals surface area contributed by atoms with Gasteiger partial charge in [0.2, 0.25) is 0 Å². The summed E-state index contributed by atoms with van der Waals surface area (Å²) >= 11 is 0. The highest BCUT2D eigenvalue weighted by Gasteiger charge is 2.19. The zero-order valence-electron chi connectivity index (χ0n) is 10.1. The van der Waals surface area contributed by atoms with E-state index in [-0.39, 0.29) is 0 Å². The third kappa shape index (κ3) is 5.30. The summed E-state index contributed by atoms with van der Waals surface area (Å²) in [6.45, 7) is 14.3. The van der Waals surface area contributed by atoms with Gasteiger partial charge in [-0.3, -0.25) is 0 Å². The molecule has 0 saturated carbocycles. The molecule has 0 aromatic rings. The molecule has 1 nitrogen and oxygen atoms in total. The molecule has 0 spiro atoms. The molecule has 0 aliphatic heterocycles. The third-order valence-corrected chi connectivity index (χ3v) is 2.77. The van der Waals surface area contributed by atoms with Crippen LogP contribution in [0.5, 0.6) is 0 Å². The van der Waals surface area contributed by atoms with Crippen LogP contribution in [-0.4, -0.2) is 12.7 Å². The third-order valence-electron chi connectivity index (χ3n) is 2.77. The molecule has 0 rings (SSSR count). The SMILES string of the molecule is CCOC(C)CC(C(C)C)C(C)C. The molecule has 1 unspecified atom stereocenters. The van der Waals surface area contributed by atoms with Crippen LogP contribution in [0.15, 0.2) is 0 Å². The Morgan fingerprint density at radius 1 is 0.923 bits per heavy atom. The topological polar surface area (TPSA) is 9.23 Å². The molecular weight excluding hydrogens is 160 g/mol. The van der Waals surface area contributed by atoms with Crippen LogP contribution in [0, 0.1) is 17.8 Å². The van der Waals surface area contributed by atoms with Crippen molar-refractivity contribution < 1.29 is 4.74 Å². The number of rotatable bonds is 6. The Kier molecular flexibility index (Phi) is 6.40. The van der Waals surface area contributed by atoms with Crippen molar-refractivity contribution in [3.8, 4) is 0 Å². The molecule has 0 N–H and O–H groups in total. The zero-order chi connectivity index (χ0) is 10.4. The number of ether oxygens (including phenoxy) is 1. The summed E-state index contributed by atoms with van der Waals surface area (Å²) in [5, 5.41) is 0. The van der Waals surface area contributed by atoms with Crippen molar-refractivity contribution in [3.63, 3.8) is 0 Å². The summed E-state index contributed by atoms with van der Waals surface area (Å²) in [7, 11) is 0. The van der Waals surface area contributed by atoms with Crippen LogP contribution < -0.4 is 0 Å². The lowest BCUT2D eigenvalue weighted by atomic mass is 9.82. The second-order valence-electron chi connectivity index (χ2n) is 4.65. The Hall–Kier alpha value is -0.0400. The van der Waals surface area contributed by atoms with E-state index in [2.05, 4.69) is 41.5 Å². The minimum atomic E-state index is 0.416. The minimum Gasteiger partial charge on any atom is -0.379 e. The van der Waals surface area contributed by atoms with Crippen molar-refractivity contribution in [1.82, 2.24) is 0 Å². The maximum Gasteiger partial charge on any atom is 0.0549 e. The Morgan fingerprint density at radius 2 is 1.38 bits per heavy atom. The molecule has 0 aromatic heterocycles. The molecule has 0 aliphatic rings. The summed E-state index contributed by atoms with van der Waals surface area (Å²) in [4.78, 5) is 0. The van der Waals surface area contributed by atoms with E-state index in [0.29, 0.717) is 6.10 Å². The highest BCUT2D eigenvalue weighted by molar-refractivity contribution is 4.69. The van der Waals surface area contributed by atoms with Gasteiger partial charge in [0.1, 0.15) is 0 Å². The van der Waals surface area contributed by atoms with Crippen LogP contribution in [0.4, 0.5) is 0 Å². The molecule has 0 amide bonds. The Bertz CT molecular complexity index is 110. The molecule has 0 saturated heterocycles. The van der Waals surface area contributed by atoms with Crippen molar-refractivity contribution in [1.29, 1.82) is 0 Å². The Morgan fingerprint density at radius 3 is 1.69 bits per heavy atom. The molecular formula is C12H26O. The molecule has 13 heavy (non-hydrogen) atoms. The van der Waals surface area contributed by atoms with Crippen molar-refractivity contribution in [2.45, 2.75) is 54.1 Å². The standard InChI is InChI=1S/C12H26O/c1-7-13-11(6)8-12(9(2)3)10(4)5/h9-12H,7-8H2,1-6H3. The van der Waals surface area contributed by atoms with Crippen LogP contribution in [0.2, 0.25) is 0 Å². The Balaban J connectivity index is 3.94. The lowest BCUT2D eigenvalue weighted by Gasteiger charge is -2.27. The zero-order valence-corrected chi connectivity index (χ0v) is 10.1. The Labute approximate surface area is 83.9 Å². The van der Waals surface area contributed by atoms with Gasteiger partial charge < -0.3 is 4.74 Å². The van der Waals surface area contributed by atoms with Crippen LogP contribution in [0.3, 0.4) is 0 Å². The number of hydrogen-bond acceptors (Lipinski definition) is 1. The summed E-state index contributed by atoms with van der Waals surface area (Å²) in [5.41, 5.74) is 0. The van der Waals surface area contributed by atoms with Crippen LogP contribution >= 0.6 is 0 Å². The fourth-order valence-corrected chi connectivity index (χ4v) is 2.05. The van der Waals surface area contributed by atoms with E-state index < -0.39 is 0 Å². The average molecular weight is 186 g/mol. The van der Waals surface area contributed by atoms with E-state index in [4.69, 9.17) is 4.74 Å². The molecule has 0 heterocycles. The largest absolute Gasteiger partial charge is 0.379 e. The van der Waals surface area contributed by atoms with E-state index >= 15 is 0 Å². The van der Waals surface area contributed by atoms with E-state index in [1.807, 2.05) is 0 Å². The normalized spacial score (nSPS) is 14.5. The first-order valence-corrected chi connectivity index (χ1v) is 5.60. The number of hydrogen-bond donors (Lipinski definition) is 0. The predicted molar refractivity (Wildman–Crippen MR) is 58.9 cm³/mol. The van der Waals surface area contributed by atoms with Crippen LogP contribution in [-0.2, 0) is 4.74 Å². The van der Waals surface area contributed by atoms with Gasteiger partial charge in [-0.2, -0.15) is 0 Å². The smallest absolute Gasteiger partial charge is 0.0549 e. The van der Waals surface area contributed by atoms with E-state index in [0.717, 1.165) is 24.4 Å². The summed E-state index contributed by atoms with van der Waals surface area (Å²) < 4.78 is 5.57. The fourth-order valence-electron chi connectivity index (χ4n) is 2.05. The summed E-state index contributed by atoms with van der Waals surface area (Å²) in [6.07, 6.45) is 1.61. The second-order valence-corrected chi connectivity index (χ2v) is 4.65. The minimum absolute atomic E-state index is 0.416. The molecule has 1 heteroatoms. The lowest BCUT2D eigenvalue weighted by Crippen LogP contribution is -2.22. The summed E-state index contributed by atoms with van der Waals surface area (Å²) in [5.74, 6) is 2.33. The van der Waals surface area contributed by atoms with Gasteiger partial charge in [0.25, 0.3) is 0 Å².